The zero-order valence-electron chi connectivity index (χ0n) is 10.8. The van der Waals surface area contributed by atoms with E-state index in [0.29, 0.717) is 11.4 Å². The zero-order chi connectivity index (χ0) is 13.4. The van der Waals surface area contributed by atoms with E-state index >= 15 is 0 Å². The van der Waals surface area contributed by atoms with Crippen LogP contribution in [0.15, 0.2) is 18.2 Å². The Balaban J connectivity index is 2.17. The molecule has 1 aliphatic carbocycles. The number of hydrogen-bond donors (Lipinski definition) is 1. The second-order valence-electron chi connectivity index (χ2n) is 5.05. The van der Waals surface area contributed by atoms with Gasteiger partial charge in [-0.1, -0.05) is 18.5 Å². The number of rotatable bonds is 4. The van der Waals surface area contributed by atoms with Gasteiger partial charge in [-0.05, 0) is 37.5 Å². The van der Waals surface area contributed by atoms with Crippen LogP contribution >= 0.6 is 11.6 Å². The predicted octanol–water partition coefficient (Wildman–Crippen LogP) is 4.73. The van der Waals surface area contributed by atoms with Crippen molar-refractivity contribution in [2.24, 2.45) is 0 Å². The van der Waals surface area contributed by atoms with Crippen molar-refractivity contribution in [1.82, 2.24) is 4.98 Å². The van der Waals surface area contributed by atoms with Gasteiger partial charge in [-0.15, -0.1) is 0 Å². The molecule has 0 spiro atoms. The molecule has 1 heterocycles. The van der Waals surface area contributed by atoms with Crippen LogP contribution in [0.2, 0.25) is 5.02 Å². The van der Waals surface area contributed by atoms with Crippen molar-refractivity contribution < 1.29 is 4.39 Å². The van der Waals surface area contributed by atoms with E-state index < -0.39 is 5.82 Å². The van der Waals surface area contributed by atoms with Gasteiger partial charge in [-0.3, -0.25) is 0 Å². The summed E-state index contributed by atoms with van der Waals surface area (Å²) in [5, 5.41) is 4.30. The highest BCUT2D eigenvalue weighted by molar-refractivity contribution is 6.31. The van der Waals surface area contributed by atoms with Crippen molar-refractivity contribution in [2.45, 2.75) is 32.1 Å². The highest BCUT2D eigenvalue weighted by Gasteiger charge is 2.26. The zero-order valence-corrected chi connectivity index (χ0v) is 11.6. The summed E-state index contributed by atoms with van der Waals surface area (Å²) in [7, 11) is 0. The molecule has 2 aromatic rings. The Labute approximate surface area is 117 Å². The molecule has 1 aromatic heterocycles. The molecule has 1 aromatic carbocycles. The fourth-order valence-corrected chi connectivity index (χ4v) is 2.40. The maximum atomic E-state index is 14.1. The highest BCUT2D eigenvalue weighted by atomic mass is 35.5. The molecule has 1 aliphatic rings. The van der Waals surface area contributed by atoms with E-state index in [-0.39, 0.29) is 5.02 Å². The first-order chi connectivity index (χ1) is 9.20. The first-order valence-electron chi connectivity index (χ1n) is 6.73. The summed E-state index contributed by atoms with van der Waals surface area (Å²) in [4.78, 5) is 4.47. The van der Waals surface area contributed by atoms with E-state index in [1.54, 1.807) is 6.07 Å². The first kappa shape index (κ1) is 12.7. The fraction of sp³-hybridized carbons (Fsp3) is 0.400. The molecular weight excluding hydrogens is 263 g/mol. The highest BCUT2D eigenvalue weighted by Crippen LogP contribution is 2.41. The SMILES string of the molecule is CCCNc1cc(C2CC2)nc2c(F)c(Cl)ccc12. The van der Waals surface area contributed by atoms with E-state index in [1.165, 1.54) is 0 Å². The standard InChI is InChI=1S/C15H16ClFN2/c1-2-7-18-13-8-12(9-3-4-9)19-15-10(13)5-6-11(16)14(15)17/h5-6,8-9H,2-4,7H2,1H3,(H,18,19). The van der Waals surface area contributed by atoms with E-state index in [9.17, 15) is 4.39 Å². The van der Waals surface area contributed by atoms with E-state index in [0.717, 1.165) is 42.6 Å². The van der Waals surface area contributed by atoms with Crippen LogP contribution in [0.25, 0.3) is 10.9 Å². The van der Waals surface area contributed by atoms with Gasteiger partial charge in [-0.2, -0.15) is 0 Å². The van der Waals surface area contributed by atoms with E-state index in [1.807, 2.05) is 6.07 Å². The van der Waals surface area contributed by atoms with Crippen LogP contribution in [0.3, 0.4) is 0 Å². The van der Waals surface area contributed by atoms with Gasteiger partial charge in [0.25, 0.3) is 0 Å². The molecule has 4 heteroatoms. The summed E-state index contributed by atoms with van der Waals surface area (Å²) in [6.45, 7) is 2.98. The molecule has 1 fully saturated rings. The smallest absolute Gasteiger partial charge is 0.168 e. The van der Waals surface area contributed by atoms with Gasteiger partial charge in [-0.25, -0.2) is 9.37 Å². The van der Waals surface area contributed by atoms with Crippen molar-refractivity contribution in [3.05, 3.63) is 34.7 Å². The molecule has 100 valence electrons. The lowest BCUT2D eigenvalue weighted by molar-refractivity contribution is 0.636. The molecule has 0 bridgehead atoms. The minimum Gasteiger partial charge on any atom is -0.384 e. The number of hydrogen-bond acceptors (Lipinski definition) is 2. The molecule has 0 amide bonds. The Hall–Kier alpha value is -1.35. The average molecular weight is 279 g/mol. The van der Waals surface area contributed by atoms with Crippen LogP contribution in [0.4, 0.5) is 10.1 Å². The van der Waals surface area contributed by atoms with Gasteiger partial charge in [0, 0.05) is 29.2 Å². The first-order valence-corrected chi connectivity index (χ1v) is 7.11. The Bertz CT molecular complexity index is 623. The maximum absolute atomic E-state index is 14.1. The minimum absolute atomic E-state index is 0.134. The third-order valence-electron chi connectivity index (χ3n) is 3.45. The maximum Gasteiger partial charge on any atom is 0.168 e. The van der Waals surface area contributed by atoms with Crippen LogP contribution < -0.4 is 5.32 Å². The van der Waals surface area contributed by atoms with Crippen LogP contribution in [0.1, 0.15) is 37.8 Å². The number of fused-ring (bicyclic) bond motifs is 1. The lowest BCUT2D eigenvalue weighted by Gasteiger charge is -2.12. The van der Waals surface area contributed by atoms with Crippen molar-refractivity contribution in [3.63, 3.8) is 0 Å². The monoisotopic (exact) mass is 278 g/mol. The topological polar surface area (TPSA) is 24.9 Å². The minimum atomic E-state index is -0.416. The number of pyridine rings is 1. The van der Waals surface area contributed by atoms with Crippen LogP contribution in [0.5, 0.6) is 0 Å². The molecule has 1 N–H and O–H groups in total. The lowest BCUT2D eigenvalue weighted by Crippen LogP contribution is -2.03. The van der Waals surface area contributed by atoms with Crippen LogP contribution in [-0.4, -0.2) is 11.5 Å². The number of nitrogens with one attached hydrogen (secondary N) is 1. The summed E-state index contributed by atoms with van der Waals surface area (Å²) >= 11 is 5.86. The second-order valence-corrected chi connectivity index (χ2v) is 5.46. The van der Waals surface area contributed by atoms with Gasteiger partial charge in [0.15, 0.2) is 5.82 Å². The third kappa shape index (κ3) is 2.39. The molecule has 0 saturated heterocycles. The largest absolute Gasteiger partial charge is 0.384 e. The Morgan fingerprint density at radius 2 is 2.21 bits per heavy atom. The Morgan fingerprint density at radius 3 is 2.89 bits per heavy atom. The summed E-state index contributed by atoms with van der Waals surface area (Å²) in [5.74, 6) is 0.0752. The lowest BCUT2D eigenvalue weighted by atomic mass is 10.1. The molecule has 0 aliphatic heterocycles. The molecule has 3 rings (SSSR count). The Morgan fingerprint density at radius 1 is 1.42 bits per heavy atom. The summed E-state index contributed by atoms with van der Waals surface area (Å²) < 4.78 is 14.1. The van der Waals surface area contributed by atoms with Crippen molar-refractivity contribution >= 4 is 28.2 Å². The van der Waals surface area contributed by atoms with Gasteiger partial charge < -0.3 is 5.32 Å². The van der Waals surface area contributed by atoms with Crippen molar-refractivity contribution in [3.8, 4) is 0 Å². The molecule has 0 radical (unpaired) electrons. The molecular formula is C15H16ClFN2. The summed E-state index contributed by atoms with van der Waals surface area (Å²) in [6, 6.07) is 5.49. The third-order valence-corrected chi connectivity index (χ3v) is 3.75. The van der Waals surface area contributed by atoms with Crippen LogP contribution in [-0.2, 0) is 0 Å². The molecule has 0 atom stereocenters. The van der Waals surface area contributed by atoms with Gasteiger partial charge in [0.05, 0.1) is 5.02 Å². The number of benzene rings is 1. The quantitative estimate of drug-likeness (QED) is 0.875. The summed E-state index contributed by atoms with van der Waals surface area (Å²) in [5.41, 5.74) is 2.33. The predicted molar refractivity (Wildman–Crippen MR) is 77.5 cm³/mol. The van der Waals surface area contributed by atoms with Crippen molar-refractivity contribution in [1.29, 1.82) is 0 Å². The molecule has 2 nitrogen and oxygen atoms in total. The second kappa shape index (κ2) is 4.97. The van der Waals surface area contributed by atoms with E-state index in [2.05, 4.69) is 23.3 Å². The average Bonchev–Trinajstić information content (AvgIpc) is 3.24. The molecule has 0 unspecified atom stereocenters. The number of aromatic nitrogens is 1. The number of anilines is 1. The Kier molecular flexibility index (Phi) is 3.31. The molecule has 1 saturated carbocycles. The fourth-order valence-electron chi connectivity index (χ4n) is 2.25. The van der Waals surface area contributed by atoms with Gasteiger partial charge >= 0.3 is 0 Å². The van der Waals surface area contributed by atoms with Gasteiger partial charge in [0.1, 0.15) is 5.52 Å². The summed E-state index contributed by atoms with van der Waals surface area (Å²) in [6.07, 6.45) is 3.32. The van der Waals surface area contributed by atoms with Gasteiger partial charge in [0.2, 0.25) is 0 Å². The van der Waals surface area contributed by atoms with Crippen LogP contribution in [0, 0.1) is 5.82 Å². The number of halogens is 2. The normalized spacial score (nSPS) is 14.9. The van der Waals surface area contributed by atoms with Crippen molar-refractivity contribution in [2.75, 3.05) is 11.9 Å². The van der Waals surface area contributed by atoms with E-state index in [4.69, 9.17) is 11.6 Å². The molecule has 19 heavy (non-hydrogen) atoms. The number of nitrogens with zero attached hydrogens (tertiary/aromatic N) is 1.